The molecular weight excluding hydrogens is 435 g/mol. The highest BCUT2D eigenvalue weighted by Crippen LogP contribution is 2.30. The number of amides is 2. The molecule has 0 radical (unpaired) electrons. The molecular formula is C21H23ClF3N3O3. The molecule has 0 atom stereocenters. The molecule has 2 aromatic carbocycles. The molecule has 2 aromatic rings. The van der Waals surface area contributed by atoms with Crippen LogP contribution in [0.4, 0.5) is 24.5 Å². The fraction of sp³-hybridized carbons (Fsp3) is 0.333. The van der Waals surface area contributed by atoms with Gasteiger partial charge in [0.1, 0.15) is 5.75 Å². The number of ether oxygens (including phenoxy) is 1. The molecule has 0 aromatic heterocycles. The lowest BCUT2D eigenvalue weighted by Crippen LogP contribution is -2.39. The number of benzene rings is 2. The third-order valence-corrected chi connectivity index (χ3v) is 4.75. The first-order valence-corrected chi connectivity index (χ1v) is 9.83. The second kappa shape index (κ2) is 11.0. The number of aryl methyl sites for hydroxylation is 1. The van der Waals surface area contributed by atoms with Crippen LogP contribution in [0.1, 0.15) is 18.9 Å². The van der Waals surface area contributed by atoms with Crippen molar-refractivity contribution >= 4 is 34.8 Å². The summed E-state index contributed by atoms with van der Waals surface area (Å²) >= 11 is 6.06. The number of nitrogens with zero attached hydrogens (tertiary/aromatic N) is 1. The third kappa shape index (κ3) is 6.60. The van der Waals surface area contributed by atoms with Crippen molar-refractivity contribution in [3.63, 3.8) is 0 Å². The quantitative estimate of drug-likeness (QED) is 0.549. The zero-order valence-electron chi connectivity index (χ0n) is 17.3. The smallest absolute Gasteiger partial charge is 0.238 e. The van der Waals surface area contributed by atoms with E-state index < -0.39 is 35.0 Å². The molecule has 0 aliphatic carbocycles. The van der Waals surface area contributed by atoms with Gasteiger partial charge in [0.05, 0.1) is 31.6 Å². The second-order valence-electron chi connectivity index (χ2n) is 6.83. The van der Waals surface area contributed by atoms with E-state index in [1.54, 1.807) is 19.1 Å². The van der Waals surface area contributed by atoms with Crippen molar-refractivity contribution in [1.29, 1.82) is 0 Å². The van der Waals surface area contributed by atoms with Gasteiger partial charge in [-0.25, -0.2) is 13.2 Å². The van der Waals surface area contributed by atoms with Crippen LogP contribution in [0.2, 0.25) is 5.02 Å². The van der Waals surface area contributed by atoms with Gasteiger partial charge in [-0.1, -0.05) is 18.5 Å². The predicted molar refractivity (Wildman–Crippen MR) is 113 cm³/mol. The highest BCUT2D eigenvalue weighted by molar-refractivity contribution is 6.31. The Bertz CT molecular complexity index is 973. The zero-order chi connectivity index (χ0) is 23.1. The number of nitrogens with one attached hydrogen (secondary N) is 2. The van der Waals surface area contributed by atoms with Gasteiger partial charge >= 0.3 is 0 Å². The number of carbonyl (C=O) groups excluding carboxylic acids is 2. The van der Waals surface area contributed by atoms with Crippen molar-refractivity contribution in [2.24, 2.45) is 0 Å². The van der Waals surface area contributed by atoms with Crippen LogP contribution in [-0.2, 0) is 9.59 Å². The highest BCUT2D eigenvalue weighted by atomic mass is 35.5. The molecule has 31 heavy (non-hydrogen) atoms. The van der Waals surface area contributed by atoms with Gasteiger partial charge in [-0.05, 0) is 43.7 Å². The monoisotopic (exact) mass is 457 g/mol. The first kappa shape index (κ1) is 24.5. The van der Waals surface area contributed by atoms with Gasteiger partial charge in [0, 0.05) is 11.1 Å². The minimum Gasteiger partial charge on any atom is -0.495 e. The SMILES string of the molecule is CCCN(CC(=O)Nc1cc(C)c(Cl)cc1OC)CC(=O)Nc1ccc(F)c(F)c1F. The van der Waals surface area contributed by atoms with Gasteiger partial charge in [0.25, 0.3) is 0 Å². The van der Waals surface area contributed by atoms with Crippen molar-refractivity contribution < 1.29 is 27.5 Å². The van der Waals surface area contributed by atoms with E-state index in [1.807, 2.05) is 6.92 Å². The first-order chi connectivity index (χ1) is 14.7. The fourth-order valence-corrected chi connectivity index (χ4v) is 3.02. The van der Waals surface area contributed by atoms with E-state index in [0.29, 0.717) is 35.5 Å². The largest absolute Gasteiger partial charge is 0.495 e. The van der Waals surface area contributed by atoms with Gasteiger partial charge in [-0.3, -0.25) is 14.5 Å². The highest BCUT2D eigenvalue weighted by Gasteiger charge is 2.19. The Labute approximate surface area is 183 Å². The molecule has 0 saturated heterocycles. The minimum absolute atomic E-state index is 0.133. The van der Waals surface area contributed by atoms with E-state index in [1.165, 1.54) is 12.0 Å². The number of carbonyl (C=O) groups is 2. The van der Waals surface area contributed by atoms with E-state index in [0.717, 1.165) is 11.6 Å². The summed E-state index contributed by atoms with van der Waals surface area (Å²) in [5.74, 6) is -5.20. The summed E-state index contributed by atoms with van der Waals surface area (Å²) in [5.41, 5.74) is 0.696. The number of rotatable bonds is 9. The normalized spacial score (nSPS) is 10.8. The Hall–Kier alpha value is -2.78. The Morgan fingerprint density at radius 3 is 2.23 bits per heavy atom. The van der Waals surface area contributed by atoms with Crippen molar-refractivity contribution in [3.8, 4) is 5.75 Å². The van der Waals surface area contributed by atoms with Gasteiger partial charge in [-0.2, -0.15) is 0 Å². The standard InChI is InChI=1S/C21H23ClF3N3O3/c1-4-7-28(10-18(29)26-15-6-5-14(23)20(24)21(15)25)11-19(30)27-16-8-12(2)13(22)9-17(16)31-3/h5-6,8-9H,4,7,10-11H2,1-3H3,(H,26,29)(H,27,30). The maximum Gasteiger partial charge on any atom is 0.238 e. The molecule has 10 heteroatoms. The lowest BCUT2D eigenvalue weighted by molar-refractivity contribution is -0.120. The summed E-state index contributed by atoms with van der Waals surface area (Å²) in [5, 5.41) is 5.40. The van der Waals surface area contributed by atoms with E-state index in [-0.39, 0.29) is 13.1 Å². The van der Waals surface area contributed by atoms with Crippen LogP contribution in [-0.4, -0.2) is 43.5 Å². The minimum atomic E-state index is -1.67. The Morgan fingerprint density at radius 2 is 1.65 bits per heavy atom. The molecule has 0 fully saturated rings. The summed E-state index contributed by atoms with van der Waals surface area (Å²) in [6.07, 6.45) is 0.642. The summed E-state index contributed by atoms with van der Waals surface area (Å²) in [6.45, 7) is 3.66. The summed E-state index contributed by atoms with van der Waals surface area (Å²) in [7, 11) is 1.45. The van der Waals surface area contributed by atoms with Crippen molar-refractivity contribution in [2.75, 3.05) is 37.4 Å². The van der Waals surface area contributed by atoms with E-state index >= 15 is 0 Å². The molecule has 0 aliphatic rings. The Balaban J connectivity index is 2.04. The number of methoxy groups -OCH3 is 1. The maximum atomic E-state index is 13.8. The molecule has 2 amide bonds. The van der Waals surface area contributed by atoms with E-state index in [9.17, 15) is 22.8 Å². The summed E-state index contributed by atoms with van der Waals surface area (Å²) in [6, 6.07) is 4.90. The zero-order valence-corrected chi connectivity index (χ0v) is 18.1. The Kier molecular flexibility index (Phi) is 8.70. The van der Waals surface area contributed by atoms with Crippen LogP contribution >= 0.6 is 11.6 Å². The van der Waals surface area contributed by atoms with Crippen LogP contribution < -0.4 is 15.4 Å². The lowest BCUT2D eigenvalue weighted by atomic mass is 10.2. The number of hydrogen-bond acceptors (Lipinski definition) is 4. The van der Waals surface area contributed by atoms with Crippen molar-refractivity contribution in [1.82, 2.24) is 4.90 Å². The van der Waals surface area contributed by atoms with Gasteiger partial charge in [0.15, 0.2) is 17.5 Å². The lowest BCUT2D eigenvalue weighted by Gasteiger charge is -2.21. The fourth-order valence-electron chi connectivity index (χ4n) is 2.87. The average Bonchev–Trinajstić information content (AvgIpc) is 2.71. The van der Waals surface area contributed by atoms with E-state index in [2.05, 4.69) is 10.6 Å². The number of halogens is 4. The molecule has 0 heterocycles. The van der Waals surface area contributed by atoms with Crippen molar-refractivity contribution in [3.05, 3.63) is 52.3 Å². The van der Waals surface area contributed by atoms with Crippen molar-refractivity contribution in [2.45, 2.75) is 20.3 Å². The maximum absolute atomic E-state index is 13.8. The topological polar surface area (TPSA) is 70.7 Å². The molecule has 2 rings (SSSR count). The Morgan fingerprint density at radius 1 is 1.03 bits per heavy atom. The first-order valence-electron chi connectivity index (χ1n) is 9.45. The molecule has 168 valence electrons. The van der Waals surface area contributed by atoms with Crippen LogP contribution in [0.3, 0.4) is 0 Å². The van der Waals surface area contributed by atoms with E-state index in [4.69, 9.17) is 16.3 Å². The summed E-state index contributed by atoms with van der Waals surface area (Å²) in [4.78, 5) is 26.3. The molecule has 0 saturated carbocycles. The van der Waals surface area contributed by atoms with Crippen LogP contribution in [0.25, 0.3) is 0 Å². The van der Waals surface area contributed by atoms with Gasteiger partial charge in [0.2, 0.25) is 11.8 Å². The summed E-state index contributed by atoms with van der Waals surface area (Å²) < 4.78 is 45.4. The predicted octanol–water partition coefficient (Wildman–Crippen LogP) is 4.36. The molecule has 2 N–H and O–H groups in total. The second-order valence-corrected chi connectivity index (χ2v) is 7.24. The number of anilines is 2. The molecule has 0 spiro atoms. The molecule has 0 unspecified atom stereocenters. The molecule has 0 bridgehead atoms. The van der Waals surface area contributed by atoms with Crippen LogP contribution in [0, 0.1) is 24.4 Å². The third-order valence-electron chi connectivity index (χ3n) is 4.34. The molecule has 0 aliphatic heterocycles. The number of hydrogen-bond donors (Lipinski definition) is 2. The van der Waals surface area contributed by atoms with Gasteiger partial charge < -0.3 is 15.4 Å². The molecule has 6 nitrogen and oxygen atoms in total. The van der Waals surface area contributed by atoms with Gasteiger partial charge in [-0.15, -0.1) is 0 Å². The van der Waals surface area contributed by atoms with Crippen LogP contribution in [0.15, 0.2) is 24.3 Å². The average molecular weight is 458 g/mol. The van der Waals surface area contributed by atoms with Crippen LogP contribution in [0.5, 0.6) is 5.75 Å².